The minimum atomic E-state index is -3.80. The summed E-state index contributed by atoms with van der Waals surface area (Å²) >= 11 is 0. The molecular formula is C14H20N2O6S. The predicted molar refractivity (Wildman–Crippen MR) is 80.5 cm³/mol. The lowest BCUT2D eigenvalue weighted by molar-refractivity contribution is -0.151. The van der Waals surface area contributed by atoms with Crippen molar-refractivity contribution in [2.45, 2.75) is 42.7 Å². The van der Waals surface area contributed by atoms with Gasteiger partial charge in [0, 0.05) is 7.05 Å². The van der Waals surface area contributed by atoms with Crippen molar-refractivity contribution in [2.24, 2.45) is 0 Å². The molecule has 2 rings (SSSR count). The Labute approximate surface area is 134 Å². The zero-order valence-electron chi connectivity index (χ0n) is 13.0. The number of carboxylic acids is 1. The number of amides is 1. The van der Waals surface area contributed by atoms with E-state index < -0.39 is 27.4 Å². The summed E-state index contributed by atoms with van der Waals surface area (Å²) in [5, 5.41) is 9.21. The molecule has 128 valence electrons. The zero-order chi connectivity index (χ0) is 17.3. The van der Waals surface area contributed by atoms with Crippen LogP contribution >= 0.6 is 0 Å². The van der Waals surface area contributed by atoms with E-state index in [2.05, 4.69) is 4.72 Å². The van der Waals surface area contributed by atoms with E-state index in [4.69, 9.17) is 4.42 Å². The maximum Gasteiger partial charge on any atom is 0.329 e. The lowest BCUT2D eigenvalue weighted by Gasteiger charge is -2.40. The number of aliphatic carboxylic acids is 1. The van der Waals surface area contributed by atoms with Gasteiger partial charge in [-0.1, -0.05) is 19.3 Å². The highest BCUT2D eigenvalue weighted by Gasteiger charge is 2.46. The van der Waals surface area contributed by atoms with Gasteiger partial charge >= 0.3 is 5.97 Å². The summed E-state index contributed by atoms with van der Waals surface area (Å²) < 4.78 is 30.5. The van der Waals surface area contributed by atoms with Crippen LogP contribution in [0, 0.1) is 0 Å². The molecule has 0 aromatic carbocycles. The van der Waals surface area contributed by atoms with Gasteiger partial charge in [-0.3, -0.25) is 4.79 Å². The fourth-order valence-electron chi connectivity index (χ4n) is 2.87. The van der Waals surface area contributed by atoms with Gasteiger partial charge < -0.3 is 14.4 Å². The number of hydrogen-bond donors (Lipinski definition) is 2. The van der Waals surface area contributed by atoms with Crippen LogP contribution in [0.3, 0.4) is 0 Å². The first-order valence-electron chi connectivity index (χ1n) is 7.29. The number of nitrogens with one attached hydrogen (secondary N) is 1. The Bertz CT molecular complexity index is 703. The number of sulfonamides is 1. The molecule has 1 amide bonds. The largest absolute Gasteiger partial charge is 0.479 e. The Kier molecular flexibility index (Phi) is 4.81. The summed E-state index contributed by atoms with van der Waals surface area (Å²) in [5.41, 5.74) is -1.27. The van der Waals surface area contributed by atoms with Gasteiger partial charge in [-0.25, -0.2) is 17.9 Å². The third-order valence-corrected chi connectivity index (χ3v) is 5.64. The topological polar surface area (TPSA) is 117 Å². The van der Waals surface area contributed by atoms with Crippen molar-refractivity contribution in [3.8, 4) is 0 Å². The number of carbonyl (C=O) groups excluding carboxylic acids is 1. The molecule has 9 heteroatoms. The predicted octanol–water partition coefficient (Wildman–Crippen LogP) is 1.05. The first kappa shape index (κ1) is 17.5. The van der Waals surface area contributed by atoms with Gasteiger partial charge in [0.25, 0.3) is 15.9 Å². The van der Waals surface area contributed by atoms with Gasteiger partial charge in [-0.15, -0.1) is 0 Å². The maximum absolute atomic E-state index is 12.5. The van der Waals surface area contributed by atoms with Crippen LogP contribution in [-0.2, 0) is 14.8 Å². The third kappa shape index (κ3) is 3.11. The van der Waals surface area contributed by atoms with E-state index in [0.717, 1.165) is 24.2 Å². The number of likely N-dealkylation sites (N-methyl/N-ethyl adjacent to an activating group) is 1. The lowest BCUT2D eigenvalue weighted by Crippen LogP contribution is -2.56. The number of carboxylic acid groups (broad SMARTS) is 1. The van der Waals surface area contributed by atoms with Crippen LogP contribution in [0.4, 0.5) is 0 Å². The smallest absolute Gasteiger partial charge is 0.329 e. The molecule has 2 N–H and O–H groups in total. The van der Waals surface area contributed by atoms with E-state index in [0.29, 0.717) is 12.8 Å². The monoisotopic (exact) mass is 344 g/mol. The standard InChI is InChI=1S/C14H20N2O6S/c1-15-23(20,21)11-7-6-10(22-11)12(17)16(2)14(13(18)19)8-4-3-5-9-14/h6-7,15H,3-5,8-9H2,1-2H3,(H,18,19). The Morgan fingerprint density at radius 2 is 1.87 bits per heavy atom. The average molecular weight is 344 g/mol. The summed E-state index contributed by atoms with van der Waals surface area (Å²) in [6.07, 6.45) is 3.12. The summed E-state index contributed by atoms with van der Waals surface area (Å²) in [5.74, 6) is -1.90. The number of rotatable bonds is 5. The van der Waals surface area contributed by atoms with Gasteiger partial charge in [-0.2, -0.15) is 0 Å². The van der Waals surface area contributed by atoms with E-state index in [-0.39, 0.29) is 10.9 Å². The van der Waals surface area contributed by atoms with E-state index >= 15 is 0 Å². The Morgan fingerprint density at radius 3 is 2.39 bits per heavy atom. The second kappa shape index (κ2) is 6.32. The second-order valence-corrected chi connectivity index (χ2v) is 7.41. The van der Waals surface area contributed by atoms with Crippen LogP contribution in [0.1, 0.15) is 42.7 Å². The number of hydrogen-bond acceptors (Lipinski definition) is 5. The first-order valence-corrected chi connectivity index (χ1v) is 8.78. The molecule has 8 nitrogen and oxygen atoms in total. The molecule has 1 aliphatic carbocycles. The van der Waals surface area contributed by atoms with Gasteiger partial charge in [0.05, 0.1) is 0 Å². The van der Waals surface area contributed by atoms with Crippen molar-refractivity contribution in [1.29, 1.82) is 0 Å². The number of nitrogens with zero attached hydrogens (tertiary/aromatic N) is 1. The van der Waals surface area contributed by atoms with Crippen molar-refractivity contribution in [1.82, 2.24) is 9.62 Å². The van der Waals surface area contributed by atoms with Crippen LogP contribution in [-0.4, -0.2) is 49.9 Å². The molecular weight excluding hydrogens is 324 g/mol. The zero-order valence-corrected chi connectivity index (χ0v) is 13.9. The van der Waals surface area contributed by atoms with Crippen molar-refractivity contribution in [3.05, 3.63) is 17.9 Å². The van der Waals surface area contributed by atoms with Crippen LogP contribution in [0.2, 0.25) is 0 Å². The van der Waals surface area contributed by atoms with Gasteiger partial charge in [-0.05, 0) is 32.0 Å². The number of furan rings is 1. The number of carbonyl (C=O) groups is 2. The highest BCUT2D eigenvalue weighted by Crippen LogP contribution is 2.34. The molecule has 0 bridgehead atoms. The van der Waals surface area contributed by atoms with Crippen molar-refractivity contribution >= 4 is 21.9 Å². The Balaban J connectivity index is 2.30. The molecule has 0 spiro atoms. The Hall–Kier alpha value is -1.87. The van der Waals surface area contributed by atoms with Crippen molar-refractivity contribution in [2.75, 3.05) is 14.1 Å². The maximum atomic E-state index is 12.5. The molecule has 1 aliphatic rings. The summed E-state index contributed by atoms with van der Waals surface area (Å²) in [7, 11) is -1.15. The van der Waals surface area contributed by atoms with E-state index in [1.165, 1.54) is 26.2 Å². The minimum absolute atomic E-state index is 0.201. The summed E-state index contributed by atoms with van der Waals surface area (Å²) in [6.45, 7) is 0. The van der Waals surface area contributed by atoms with Gasteiger partial charge in [0.1, 0.15) is 5.54 Å². The molecule has 1 fully saturated rings. The fourth-order valence-corrected chi connectivity index (χ4v) is 3.52. The van der Waals surface area contributed by atoms with E-state index in [1.807, 2.05) is 0 Å². The SMILES string of the molecule is CNS(=O)(=O)c1ccc(C(=O)N(C)C2(C(=O)O)CCCCC2)o1. The molecule has 0 radical (unpaired) electrons. The van der Waals surface area contributed by atoms with E-state index in [9.17, 15) is 23.1 Å². The quantitative estimate of drug-likeness (QED) is 0.824. The molecule has 0 unspecified atom stereocenters. The molecule has 23 heavy (non-hydrogen) atoms. The lowest BCUT2D eigenvalue weighted by atomic mass is 9.80. The summed E-state index contributed by atoms with van der Waals surface area (Å²) in [6, 6.07) is 2.41. The average Bonchev–Trinajstić information content (AvgIpc) is 3.04. The first-order chi connectivity index (χ1) is 10.7. The van der Waals surface area contributed by atoms with Gasteiger partial charge in [0.2, 0.25) is 5.09 Å². The van der Waals surface area contributed by atoms with Crippen LogP contribution < -0.4 is 4.72 Å². The molecule has 1 saturated carbocycles. The molecule has 0 atom stereocenters. The van der Waals surface area contributed by atoms with Gasteiger partial charge in [0.15, 0.2) is 5.76 Å². The molecule has 1 aromatic heterocycles. The van der Waals surface area contributed by atoms with Crippen molar-refractivity contribution in [3.63, 3.8) is 0 Å². The normalized spacial score (nSPS) is 17.7. The molecule has 0 saturated heterocycles. The third-order valence-electron chi connectivity index (χ3n) is 4.35. The van der Waals surface area contributed by atoms with E-state index in [1.54, 1.807) is 0 Å². The highest BCUT2D eigenvalue weighted by molar-refractivity contribution is 7.89. The van der Waals surface area contributed by atoms with Crippen molar-refractivity contribution < 1.29 is 27.5 Å². The second-order valence-electron chi connectivity index (χ2n) is 5.59. The van der Waals surface area contributed by atoms with Crippen LogP contribution in [0.15, 0.2) is 21.6 Å². The van der Waals surface area contributed by atoms with Crippen LogP contribution in [0.25, 0.3) is 0 Å². The Morgan fingerprint density at radius 1 is 1.26 bits per heavy atom. The highest BCUT2D eigenvalue weighted by atomic mass is 32.2. The molecule has 0 aliphatic heterocycles. The fraction of sp³-hybridized carbons (Fsp3) is 0.571. The summed E-state index contributed by atoms with van der Waals surface area (Å²) in [4.78, 5) is 25.4. The molecule has 1 aromatic rings. The van der Waals surface area contributed by atoms with Crippen LogP contribution in [0.5, 0.6) is 0 Å². The molecule has 1 heterocycles. The minimum Gasteiger partial charge on any atom is -0.479 e.